The van der Waals surface area contributed by atoms with E-state index in [-0.39, 0.29) is 10.6 Å². The molecule has 2 aromatic carbocycles. The lowest BCUT2D eigenvalue weighted by Gasteiger charge is -2.15. The van der Waals surface area contributed by atoms with E-state index < -0.39 is 16.8 Å². The van der Waals surface area contributed by atoms with E-state index in [9.17, 15) is 9.00 Å². The number of aliphatic imine (C=N–C) groups is 1. The first kappa shape index (κ1) is 17.8. The van der Waals surface area contributed by atoms with Crippen LogP contribution in [0.25, 0.3) is 11.1 Å². The Hall–Kier alpha value is -1.98. The van der Waals surface area contributed by atoms with Crippen molar-refractivity contribution in [3.63, 3.8) is 0 Å². The third kappa shape index (κ3) is 3.83. The Morgan fingerprint density at radius 1 is 1.16 bits per heavy atom. The van der Waals surface area contributed by atoms with Gasteiger partial charge in [0.15, 0.2) is 0 Å². The summed E-state index contributed by atoms with van der Waals surface area (Å²) in [5.74, 6) is 0.101. The Labute approximate surface area is 154 Å². The van der Waals surface area contributed by atoms with Crippen molar-refractivity contribution in [1.29, 1.82) is 0 Å². The van der Waals surface area contributed by atoms with Crippen LogP contribution in [-0.2, 0) is 15.5 Å². The summed E-state index contributed by atoms with van der Waals surface area (Å²) in [6.07, 6.45) is 2.58. The molecule has 0 N–H and O–H groups in total. The van der Waals surface area contributed by atoms with E-state index in [4.69, 9.17) is 16.3 Å². The van der Waals surface area contributed by atoms with Gasteiger partial charge < -0.3 is 4.74 Å². The van der Waals surface area contributed by atoms with Crippen molar-refractivity contribution in [1.82, 2.24) is 0 Å². The van der Waals surface area contributed by atoms with Gasteiger partial charge in [0.2, 0.25) is 0 Å². The Morgan fingerprint density at radius 2 is 1.92 bits per heavy atom. The second-order valence-corrected chi connectivity index (χ2v) is 7.64. The minimum Gasteiger partial charge on any atom is -0.465 e. The first-order chi connectivity index (χ1) is 12.1. The molecule has 4 nitrogen and oxygen atoms in total. The van der Waals surface area contributed by atoms with Gasteiger partial charge in [0, 0.05) is 11.3 Å². The Kier molecular flexibility index (Phi) is 5.66. The molecule has 0 aromatic heterocycles. The number of benzene rings is 2. The predicted octanol–water partition coefficient (Wildman–Crippen LogP) is 4.76. The summed E-state index contributed by atoms with van der Waals surface area (Å²) in [5.41, 5.74) is 2.46. The highest BCUT2D eigenvalue weighted by Crippen LogP contribution is 2.39. The maximum Gasteiger partial charge on any atom is 0.339 e. The van der Waals surface area contributed by atoms with Crippen LogP contribution < -0.4 is 0 Å². The van der Waals surface area contributed by atoms with Gasteiger partial charge in [-0.3, -0.25) is 4.21 Å². The average Bonchev–Trinajstić information content (AvgIpc) is 2.65. The first-order valence-corrected chi connectivity index (χ1v) is 9.73. The number of carbonyl (C=O) groups excluding carboxylic acids is 1. The van der Waals surface area contributed by atoms with E-state index in [1.807, 2.05) is 30.3 Å². The fourth-order valence-corrected chi connectivity index (χ4v) is 4.32. The van der Waals surface area contributed by atoms with E-state index in [0.717, 1.165) is 24.0 Å². The van der Waals surface area contributed by atoms with Crippen LogP contribution in [0.5, 0.6) is 0 Å². The summed E-state index contributed by atoms with van der Waals surface area (Å²) in [6, 6.07) is 13.1. The number of hydrogen-bond acceptors (Lipinski definition) is 4. The van der Waals surface area contributed by atoms with E-state index in [1.54, 1.807) is 12.1 Å². The quantitative estimate of drug-likeness (QED) is 0.727. The molecule has 1 atom stereocenters. The molecule has 0 saturated carbocycles. The normalized spacial score (nSPS) is 19.0. The molecule has 25 heavy (non-hydrogen) atoms. The van der Waals surface area contributed by atoms with Gasteiger partial charge in [-0.15, -0.1) is 0 Å². The van der Waals surface area contributed by atoms with Crippen molar-refractivity contribution in [3.05, 3.63) is 53.1 Å². The highest BCUT2D eigenvalue weighted by atomic mass is 35.5. The Morgan fingerprint density at radius 3 is 2.60 bits per heavy atom. The van der Waals surface area contributed by atoms with Gasteiger partial charge in [0.05, 0.1) is 34.2 Å². The lowest BCUT2D eigenvalue weighted by Crippen LogP contribution is -2.16. The number of methoxy groups -OCH3 is 1. The zero-order chi connectivity index (χ0) is 17.8. The first-order valence-electron chi connectivity index (χ1n) is 8.04. The van der Waals surface area contributed by atoms with Crippen molar-refractivity contribution in [3.8, 4) is 11.1 Å². The fraction of sp³-hybridized carbons (Fsp3) is 0.263. The zero-order valence-corrected chi connectivity index (χ0v) is 15.4. The minimum absolute atomic E-state index is 0.225. The van der Waals surface area contributed by atoms with Gasteiger partial charge in [0.1, 0.15) is 5.04 Å². The molecule has 1 saturated heterocycles. The maximum absolute atomic E-state index is 12.3. The monoisotopic (exact) mass is 375 g/mol. The SMILES string of the molecule is COC(=O)c1ccc(-c2ccccc2)c(N=C2CCCCS2=O)c1Cl. The highest BCUT2D eigenvalue weighted by molar-refractivity contribution is 8.00. The number of carbonyl (C=O) groups is 1. The van der Waals surface area contributed by atoms with Crippen LogP contribution in [0, 0.1) is 0 Å². The number of rotatable bonds is 3. The summed E-state index contributed by atoms with van der Waals surface area (Å²) in [6.45, 7) is 0. The molecule has 1 fully saturated rings. The largest absolute Gasteiger partial charge is 0.465 e. The Bertz CT molecular complexity index is 849. The van der Waals surface area contributed by atoms with Gasteiger partial charge in [-0.1, -0.05) is 48.0 Å². The third-order valence-electron chi connectivity index (χ3n) is 4.08. The molecule has 0 radical (unpaired) electrons. The lowest BCUT2D eigenvalue weighted by atomic mass is 10.0. The van der Waals surface area contributed by atoms with Crippen LogP contribution in [-0.4, -0.2) is 28.1 Å². The molecular formula is C19H18ClNO3S. The van der Waals surface area contributed by atoms with Crippen LogP contribution in [0.4, 0.5) is 5.69 Å². The van der Waals surface area contributed by atoms with Crippen molar-refractivity contribution in [2.24, 2.45) is 4.99 Å². The molecule has 1 aliphatic rings. The van der Waals surface area contributed by atoms with Crippen molar-refractivity contribution < 1.29 is 13.7 Å². The summed E-state index contributed by atoms with van der Waals surface area (Å²) < 4.78 is 17.1. The molecule has 130 valence electrons. The maximum atomic E-state index is 12.3. The lowest BCUT2D eigenvalue weighted by molar-refractivity contribution is 0.0601. The molecule has 1 heterocycles. The van der Waals surface area contributed by atoms with Crippen LogP contribution >= 0.6 is 11.6 Å². The summed E-state index contributed by atoms with van der Waals surface area (Å²) in [4.78, 5) is 16.6. The number of hydrogen-bond donors (Lipinski definition) is 0. The molecule has 0 aliphatic carbocycles. The minimum atomic E-state index is -1.10. The van der Waals surface area contributed by atoms with Gasteiger partial charge in [-0.05, 0) is 30.9 Å². The highest BCUT2D eigenvalue weighted by Gasteiger charge is 2.21. The summed E-state index contributed by atoms with van der Waals surface area (Å²) >= 11 is 6.50. The van der Waals surface area contributed by atoms with Crippen LogP contribution in [0.2, 0.25) is 5.02 Å². The van der Waals surface area contributed by atoms with Crippen molar-refractivity contribution >= 4 is 39.1 Å². The Balaban J connectivity index is 2.19. The molecule has 1 unspecified atom stereocenters. The molecule has 1 aliphatic heterocycles. The van der Waals surface area contributed by atoms with E-state index in [1.165, 1.54) is 7.11 Å². The molecule has 6 heteroatoms. The molecule has 0 amide bonds. The molecule has 2 aromatic rings. The summed E-state index contributed by atoms with van der Waals surface area (Å²) in [5, 5.41) is 0.857. The summed E-state index contributed by atoms with van der Waals surface area (Å²) in [7, 11) is 0.216. The standard InChI is InChI=1S/C19H18ClNO3S/c1-24-19(22)15-11-10-14(13-7-3-2-4-8-13)18(17(15)20)21-16-9-5-6-12-25(16)23/h2-4,7-8,10-11H,5-6,9,12H2,1H3. The van der Waals surface area contributed by atoms with Gasteiger partial charge in [-0.2, -0.15) is 0 Å². The van der Waals surface area contributed by atoms with Crippen LogP contribution in [0.1, 0.15) is 29.6 Å². The number of nitrogens with zero attached hydrogens (tertiary/aromatic N) is 1. The molecule has 0 spiro atoms. The van der Waals surface area contributed by atoms with Gasteiger partial charge in [0.25, 0.3) is 0 Å². The van der Waals surface area contributed by atoms with Gasteiger partial charge >= 0.3 is 5.97 Å². The second kappa shape index (κ2) is 7.93. The van der Waals surface area contributed by atoms with Crippen LogP contribution in [0.3, 0.4) is 0 Å². The average molecular weight is 376 g/mol. The predicted molar refractivity (Wildman–Crippen MR) is 102 cm³/mol. The fourth-order valence-electron chi connectivity index (χ4n) is 2.76. The number of ether oxygens (including phenoxy) is 1. The molecule has 0 bridgehead atoms. The zero-order valence-electron chi connectivity index (χ0n) is 13.8. The number of halogens is 1. The van der Waals surface area contributed by atoms with Crippen LogP contribution in [0.15, 0.2) is 47.5 Å². The van der Waals surface area contributed by atoms with E-state index in [0.29, 0.717) is 22.9 Å². The van der Waals surface area contributed by atoms with E-state index >= 15 is 0 Å². The smallest absolute Gasteiger partial charge is 0.339 e. The topological polar surface area (TPSA) is 55.7 Å². The van der Waals surface area contributed by atoms with Crippen molar-refractivity contribution in [2.75, 3.05) is 12.9 Å². The number of esters is 1. The van der Waals surface area contributed by atoms with Gasteiger partial charge in [-0.25, -0.2) is 9.79 Å². The molecular weight excluding hydrogens is 358 g/mol. The van der Waals surface area contributed by atoms with Crippen molar-refractivity contribution in [2.45, 2.75) is 19.3 Å². The third-order valence-corrected chi connectivity index (χ3v) is 5.94. The van der Waals surface area contributed by atoms with E-state index in [2.05, 4.69) is 4.99 Å². The second-order valence-electron chi connectivity index (χ2n) is 5.69. The molecule has 3 rings (SSSR count).